The summed E-state index contributed by atoms with van der Waals surface area (Å²) in [5.74, 6) is 0. The van der Waals surface area contributed by atoms with Gasteiger partial charge in [0.2, 0.25) is 0 Å². The van der Waals surface area contributed by atoms with Gasteiger partial charge in [-0.2, -0.15) is 0 Å². The van der Waals surface area contributed by atoms with Crippen LogP contribution in [-0.2, 0) is 6.54 Å². The van der Waals surface area contributed by atoms with E-state index in [0.29, 0.717) is 4.83 Å². The van der Waals surface area contributed by atoms with Crippen molar-refractivity contribution in [3.05, 3.63) is 15.6 Å². The summed E-state index contributed by atoms with van der Waals surface area (Å²) in [6, 6.07) is 0. The Morgan fingerprint density at radius 1 is 1.50 bits per heavy atom. The predicted octanol–water partition coefficient (Wildman–Crippen LogP) is 2.98. The van der Waals surface area contributed by atoms with Gasteiger partial charge in [-0.1, -0.05) is 22.9 Å². The molecule has 0 bridgehead atoms. The van der Waals surface area contributed by atoms with Crippen LogP contribution in [0.25, 0.3) is 0 Å². The quantitative estimate of drug-likeness (QED) is 0.787. The molecular weight excluding hydrogens is 260 g/mol. The van der Waals surface area contributed by atoms with Crippen LogP contribution < -0.4 is 0 Å². The third-order valence-corrected chi connectivity index (χ3v) is 3.39. The molecule has 1 unspecified atom stereocenters. The molecule has 1 heterocycles. The first kappa shape index (κ1) is 12.1. The lowest BCUT2D eigenvalue weighted by molar-refractivity contribution is 0.332. The van der Waals surface area contributed by atoms with Crippen molar-refractivity contribution in [3.8, 4) is 0 Å². The number of aromatic nitrogens is 1. The molecule has 14 heavy (non-hydrogen) atoms. The van der Waals surface area contributed by atoms with E-state index in [0.717, 1.165) is 13.1 Å². The molecule has 0 saturated carbocycles. The molecule has 0 saturated heterocycles. The van der Waals surface area contributed by atoms with E-state index in [2.05, 4.69) is 53.6 Å². The molecule has 1 aromatic heterocycles. The fraction of sp³-hybridized carbons (Fsp3) is 0.700. The second-order valence-corrected chi connectivity index (χ2v) is 6.58. The average molecular weight is 277 g/mol. The Hall–Kier alpha value is 0.0700. The van der Waals surface area contributed by atoms with Gasteiger partial charge >= 0.3 is 0 Å². The first-order chi connectivity index (χ1) is 6.49. The minimum atomic E-state index is 0.537. The Morgan fingerprint density at radius 3 is 2.57 bits per heavy atom. The van der Waals surface area contributed by atoms with E-state index in [4.69, 9.17) is 0 Å². The zero-order chi connectivity index (χ0) is 10.7. The highest BCUT2D eigenvalue weighted by Gasteiger charge is 2.08. The summed E-state index contributed by atoms with van der Waals surface area (Å²) in [6.07, 6.45) is 0. The molecule has 0 aliphatic heterocycles. The standard InChI is InChI=1S/C10H17BrN2S/c1-7(11)5-13(4)6-10-12-8(2)9(3)14-10/h7H,5-6H2,1-4H3. The van der Waals surface area contributed by atoms with Crippen molar-refractivity contribution < 1.29 is 0 Å². The van der Waals surface area contributed by atoms with E-state index < -0.39 is 0 Å². The maximum atomic E-state index is 4.52. The Bertz CT molecular complexity index is 277. The van der Waals surface area contributed by atoms with E-state index >= 15 is 0 Å². The van der Waals surface area contributed by atoms with Crippen molar-refractivity contribution in [2.75, 3.05) is 13.6 Å². The lowest BCUT2D eigenvalue weighted by atomic mass is 10.4. The molecule has 0 radical (unpaired) electrons. The highest BCUT2D eigenvalue weighted by molar-refractivity contribution is 9.09. The highest BCUT2D eigenvalue weighted by Crippen LogP contribution is 2.17. The summed E-state index contributed by atoms with van der Waals surface area (Å²) in [7, 11) is 2.13. The van der Waals surface area contributed by atoms with Crippen LogP contribution in [-0.4, -0.2) is 28.3 Å². The predicted molar refractivity (Wildman–Crippen MR) is 66.3 cm³/mol. The molecule has 0 aliphatic rings. The summed E-state index contributed by atoms with van der Waals surface area (Å²) in [6.45, 7) is 8.37. The third kappa shape index (κ3) is 3.67. The smallest absolute Gasteiger partial charge is 0.107 e. The first-order valence-electron chi connectivity index (χ1n) is 4.74. The topological polar surface area (TPSA) is 16.1 Å². The number of hydrogen-bond acceptors (Lipinski definition) is 3. The molecule has 4 heteroatoms. The summed E-state index contributed by atoms with van der Waals surface area (Å²) in [5, 5.41) is 1.22. The summed E-state index contributed by atoms with van der Waals surface area (Å²) in [4.78, 5) is 8.68. The van der Waals surface area contributed by atoms with Gasteiger partial charge < -0.3 is 0 Å². The van der Waals surface area contributed by atoms with Crippen molar-refractivity contribution in [2.45, 2.75) is 32.1 Å². The number of alkyl halides is 1. The monoisotopic (exact) mass is 276 g/mol. The minimum absolute atomic E-state index is 0.537. The SMILES string of the molecule is Cc1nc(CN(C)CC(C)Br)sc1C. The van der Waals surface area contributed by atoms with Gasteiger partial charge in [-0.3, -0.25) is 4.90 Å². The van der Waals surface area contributed by atoms with Crippen LogP contribution in [0, 0.1) is 13.8 Å². The number of nitrogens with zero attached hydrogens (tertiary/aromatic N) is 2. The Labute approximate surface area is 98.5 Å². The zero-order valence-electron chi connectivity index (χ0n) is 9.17. The molecule has 0 amide bonds. The minimum Gasteiger partial charge on any atom is -0.299 e. The number of thiazole rings is 1. The molecular formula is C10H17BrN2S. The lowest BCUT2D eigenvalue weighted by Crippen LogP contribution is -2.23. The van der Waals surface area contributed by atoms with Gasteiger partial charge in [-0.05, 0) is 20.9 Å². The van der Waals surface area contributed by atoms with Crippen molar-refractivity contribution >= 4 is 27.3 Å². The van der Waals surface area contributed by atoms with Crippen molar-refractivity contribution in [3.63, 3.8) is 0 Å². The molecule has 1 rings (SSSR count). The van der Waals surface area contributed by atoms with Gasteiger partial charge in [0.25, 0.3) is 0 Å². The first-order valence-corrected chi connectivity index (χ1v) is 6.47. The van der Waals surface area contributed by atoms with Crippen molar-refractivity contribution in [1.29, 1.82) is 0 Å². The maximum absolute atomic E-state index is 4.52. The molecule has 80 valence electrons. The molecule has 0 N–H and O–H groups in total. The molecule has 0 spiro atoms. The fourth-order valence-electron chi connectivity index (χ4n) is 1.33. The van der Waals surface area contributed by atoms with Crippen molar-refractivity contribution in [2.24, 2.45) is 0 Å². The fourth-order valence-corrected chi connectivity index (χ4v) is 2.84. The van der Waals surface area contributed by atoms with Gasteiger partial charge in [-0.25, -0.2) is 4.98 Å². The van der Waals surface area contributed by atoms with Crippen LogP contribution in [0.2, 0.25) is 0 Å². The molecule has 1 atom stereocenters. The Balaban J connectivity index is 2.51. The highest BCUT2D eigenvalue weighted by atomic mass is 79.9. The van der Waals surface area contributed by atoms with E-state index in [9.17, 15) is 0 Å². The van der Waals surface area contributed by atoms with Crippen LogP contribution >= 0.6 is 27.3 Å². The van der Waals surface area contributed by atoms with E-state index in [1.165, 1.54) is 15.6 Å². The largest absolute Gasteiger partial charge is 0.299 e. The molecule has 0 aromatic carbocycles. The van der Waals surface area contributed by atoms with Gasteiger partial charge in [0.05, 0.1) is 12.2 Å². The summed E-state index contributed by atoms with van der Waals surface area (Å²) >= 11 is 5.35. The van der Waals surface area contributed by atoms with Crippen LogP contribution in [0.4, 0.5) is 0 Å². The maximum Gasteiger partial charge on any atom is 0.107 e. The normalized spacial score (nSPS) is 13.6. The average Bonchev–Trinajstić information content (AvgIpc) is 2.28. The molecule has 0 aliphatic carbocycles. The third-order valence-electron chi connectivity index (χ3n) is 2.04. The summed E-state index contributed by atoms with van der Waals surface area (Å²) < 4.78 is 0. The lowest BCUT2D eigenvalue weighted by Gasteiger charge is -2.16. The van der Waals surface area contributed by atoms with Crippen molar-refractivity contribution in [1.82, 2.24) is 9.88 Å². The molecule has 1 aromatic rings. The van der Waals surface area contributed by atoms with Crippen LogP contribution in [0.5, 0.6) is 0 Å². The number of aryl methyl sites for hydroxylation is 2. The van der Waals surface area contributed by atoms with E-state index in [1.54, 1.807) is 11.3 Å². The van der Waals surface area contributed by atoms with E-state index in [1.807, 2.05) is 0 Å². The molecule has 0 fully saturated rings. The van der Waals surface area contributed by atoms with Gasteiger partial charge in [-0.15, -0.1) is 11.3 Å². The summed E-state index contributed by atoms with van der Waals surface area (Å²) in [5.41, 5.74) is 1.17. The number of halogens is 1. The molecule has 2 nitrogen and oxygen atoms in total. The number of hydrogen-bond donors (Lipinski definition) is 0. The zero-order valence-corrected chi connectivity index (χ0v) is 11.6. The van der Waals surface area contributed by atoms with Gasteiger partial charge in [0.15, 0.2) is 0 Å². The van der Waals surface area contributed by atoms with Gasteiger partial charge in [0, 0.05) is 16.2 Å². The second kappa shape index (κ2) is 5.24. The van der Waals surface area contributed by atoms with Gasteiger partial charge in [0.1, 0.15) is 5.01 Å². The Kier molecular flexibility index (Phi) is 4.54. The van der Waals surface area contributed by atoms with Crippen LogP contribution in [0.3, 0.4) is 0 Å². The second-order valence-electron chi connectivity index (χ2n) is 3.73. The van der Waals surface area contributed by atoms with Crippen LogP contribution in [0.1, 0.15) is 22.5 Å². The van der Waals surface area contributed by atoms with E-state index in [-0.39, 0.29) is 0 Å². The Morgan fingerprint density at radius 2 is 2.14 bits per heavy atom. The van der Waals surface area contributed by atoms with Crippen LogP contribution in [0.15, 0.2) is 0 Å². The number of rotatable bonds is 4.